The molecular weight excluding hydrogens is 320 g/mol. The molecule has 0 fully saturated rings. The number of ether oxygens (including phenoxy) is 1. The highest BCUT2D eigenvalue weighted by Crippen LogP contribution is 2.44. The van der Waals surface area contributed by atoms with Gasteiger partial charge < -0.3 is 9.64 Å². The van der Waals surface area contributed by atoms with Crippen molar-refractivity contribution in [3.05, 3.63) is 29.8 Å². The molecule has 0 bridgehead atoms. The Morgan fingerprint density at radius 2 is 1.72 bits per heavy atom. The first-order valence-corrected chi connectivity index (χ1v) is 6.48. The second-order valence-corrected chi connectivity index (χ2v) is 6.54. The summed E-state index contributed by atoms with van der Waals surface area (Å²) in [6, 6.07) is 6.45. The fourth-order valence-electron chi connectivity index (χ4n) is 1.09. The van der Waals surface area contributed by atoms with Crippen LogP contribution in [0.15, 0.2) is 24.3 Å². The number of amides is 1. The van der Waals surface area contributed by atoms with Gasteiger partial charge in [-0.1, -0.05) is 46.9 Å². The monoisotopic (exact) mass is 329 g/mol. The van der Waals surface area contributed by atoms with Gasteiger partial charge in [-0.05, 0) is 17.7 Å². The number of alkyl halides is 4. The van der Waals surface area contributed by atoms with E-state index >= 15 is 0 Å². The first kappa shape index (κ1) is 15.7. The van der Waals surface area contributed by atoms with Crippen molar-refractivity contribution in [2.75, 3.05) is 14.1 Å². The van der Waals surface area contributed by atoms with Crippen LogP contribution in [-0.2, 0) is 0 Å². The van der Waals surface area contributed by atoms with Gasteiger partial charge >= 0.3 is 6.09 Å². The third-order valence-corrected chi connectivity index (χ3v) is 3.60. The normalized spacial score (nSPS) is 13.0. The zero-order valence-electron chi connectivity index (χ0n) is 9.66. The second kappa shape index (κ2) is 6.20. The van der Waals surface area contributed by atoms with Crippen molar-refractivity contribution < 1.29 is 9.53 Å². The van der Waals surface area contributed by atoms with Crippen LogP contribution in [0.5, 0.6) is 5.75 Å². The minimum atomic E-state index is -1.59. The van der Waals surface area contributed by atoms with E-state index in [2.05, 4.69) is 0 Å². The van der Waals surface area contributed by atoms with E-state index in [9.17, 15) is 4.79 Å². The van der Waals surface area contributed by atoms with Crippen LogP contribution >= 0.6 is 46.4 Å². The molecular formula is C11H11Cl4NO2. The molecule has 0 radical (unpaired) electrons. The van der Waals surface area contributed by atoms with E-state index in [0.29, 0.717) is 11.3 Å². The lowest BCUT2D eigenvalue weighted by Gasteiger charge is -2.18. The lowest BCUT2D eigenvalue weighted by Crippen LogP contribution is -2.25. The lowest BCUT2D eigenvalue weighted by atomic mass is 10.1. The number of hydrogen-bond acceptors (Lipinski definition) is 2. The van der Waals surface area contributed by atoms with Crippen molar-refractivity contribution in [3.63, 3.8) is 0 Å². The van der Waals surface area contributed by atoms with E-state index in [-0.39, 0.29) is 0 Å². The predicted molar refractivity (Wildman–Crippen MR) is 75.0 cm³/mol. The Kier molecular flexibility index (Phi) is 5.41. The highest BCUT2D eigenvalue weighted by atomic mass is 35.6. The SMILES string of the molecule is CN(C)C(=O)Oc1ccc([C@H](Cl)C(Cl)(Cl)Cl)cc1. The van der Waals surface area contributed by atoms with Crippen LogP contribution in [0.4, 0.5) is 4.79 Å². The van der Waals surface area contributed by atoms with Gasteiger partial charge in [-0.15, -0.1) is 11.6 Å². The Morgan fingerprint density at radius 1 is 1.22 bits per heavy atom. The van der Waals surface area contributed by atoms with Gasteiger partial charge in [0.05, 0.1) is 0 Å². The first-order chi connectivity index (χ1) is 8.21. The predicted octanol–water partition coefficient (Wildman–Crippen LogP) is 4.40. The maximum absolute atomic E-state index is 11.3. The van der Waals surface area contributed by atoms with Gasteiger partial charge in [0, 0.05) is 14.1 Å². The second-order valence-electron chi connectivity index (χ2n) is 3.74. The van der Waals surface area contributed by atoms with Gasteiger partial charge in [0.15, 0.2) is 0 Å². The average molecular weight is 331 g/mol. The molecule has 0 N–H and O–H groups in total. The van der Waals surface area contributed by atoms with Gasteiger partial charge in [0.1, 0.15) is 11.1 Å². The Bertz CT molecular complexity index is 414. The Balaban J connectivity index is 2.78. The van der Waals surface area contributed by atoms with Crippen LogP contribution in [-0.4, -0.2) is 28.9 Å². The molecule has 0 aliphatic carbocycles. The van der Waals surface area contributed by atoms with Crippen LogP contribution in [0.1, 0.15) is 10.9 Å². The third kappa shape index (κ3) is 4.39. The van der Waals surface area contributed by atoms with Crippen LogP contribution in [0.25, 0.3) is 0 Å². The molecule has 0 unspecified atom stereocenters. The number of benzene rings is 1. The Labute approximate surface area is 126 Å². The molecule has 0 aliphatic rings. The number of carbonyl (C=O) groups excluding carboxylic acids is 1. The van der Waals surface area contributed by atoms with Crippen molar-refractivity contribution in [3.8, 4) is 5.75 Å². The van der Waals surface area contributed by atoms with Crippen molar-refractivity contribution in [2.45, 2.75) is 9.17 Å². The molecule has 7 heteroatoms. The van der Waals surface area contributed by atoms with Crippen molar-refractivity contribution >= 4 is 52.5 Å². The average Bonchev–Trinajstić information content (AvgIpc) is 2.27. The number of hydrogen-bond donors (Lipinski definition) is 0. The fourth-order valence-corrected chi connectivity index (χ4v) is 1.61. The summed E-state index contributed by atoms with van der Waals surface area (Å²) in [5.74, 6) is 0.394. The van der Waals surface area contributed by atoms with Gasteiger partial charge in [-0.3, -0.25) is 0 Å². The maximum atomic E-state index is 11.3. The van der Waals surface area contributed by atoms with Gasteiger partial charge in [-0.2, -0.15) is 0 Å². The minimum absolute atomic E-state index is 0.394. The van der Waals surface area contributed by atoms with Crippen molar-refractivity contribution in [2.24, 2.45) is 0 Å². The number of carbonyl (C=O) groups is 1. The molecule has 1 aromatic carbocycles. The molecule has 3 nitrogen and oxygen atoms in total. The summed E-state index contributed by atoms with van der Waals surface area (Å²) in [6.45, 7) is 0. The van der Waals surface area contributed by atoms with Crippen LogP contribution in [0.3, 0.4) is 0 Å². The maximum Gasteiger partial charge on any atom is 0.414 e. The zero-order chi connectivity index (χ0) is 13.9. The lowest BCUT2D eigenvalue weighted by molar-refractivity contribution is 0.172. The number of halogens is 4. The molecule has 18 heavy (non-hydrogen) atoms. The van der Waals surface area contributed by atoms with E-state index in [0.717, 1.165) is 0 Å². The number of nitrogens with zero attached hydrogens (tertiary/aromatic N) is 1. The smallest absolute Gasteiger partial charge is 0.410 e. The molecule has 0 aromatic heterocycles. The molecule has 0 heterocycles. The molecule has 0 saturated carbocycles. The van der Waals surface area contributed by atoms with Gasteiger partial charge in [0.25, 0.3) is 0 Å². The van der Waals surface area contributed by atoms with E-state index in [1.54, 1.807) is 38.4 Å². The van der Waals surface area contributed by atoms with Crippen molar-refractivity contribution in [1.29, 1.82) is 0 Å². The summed E-state index contributed by atoms with van der Waals surface area (Å²) in [4.78, 5) is 12.6. The number of rotatable bonds is 2. The summed E-state index contributed by atoms with van der Waals surface area (Å²) in [5.41, 5.74) is 0.626. The molecule has 1 amide bonds. The van der Waals surface area contributed by atoms with Gasteiger partial charge in [-0.25, -0.2) is 4.79 Å². The van der Waals surface area contributed by atoms with E-state index in [4.69, 9.17) is 51.1 Å². The third-order valence-electron chi connectivity index (χ3n) is 2.03. The van der Waals surface area contributed by atoms with E-state index < -0.39 is 15.3 Å². The summed E-state index contributed by atoms with van der Waals surface area (Å²) >= 11 is 23.1. The summed E-state index contributed by atoms with van der Waals surface area (Å²) in [6.07, 6.45) is -0.466. The summed E-state index contributed by atoms with van der Waals surface area (Å²) in [7, 11) is 3.18. The van der Waals surface area contributed by atoms with Crippen LogP contribution in [0.2, 0.25) is 0 Å². The van der Waals surface area contributed by atoms with Gasteiger partial charge in [0.2, 0.25) is 3.79 Å². The molecule has 0 spiro atoms. The molecule has 0 aliphatic heterocycles. The van der Waals surface area contributed by atoms with Crippen LogP contribution < -0.4 is 4.74 Å². The van der Waals surface area contributed by atoms with E-state index in [1.807, 2.05) is 0 Å². The van der Waals surface area contributed by atoms with Crippen LogP contribution in [0, 0.1) is 0 Å². The largest absolute Gasteiger partial charge is 0.414 e. The molecule has 1 aromatic rings. The minimum Gasteiger partial charge on any atom is -0.410 e. The first-order valence-electron chi connectivity index (χ1n) is 4.91. The zero-order valence-corrected chi connectivity index (χ0v) is 12.7. The molecule has 1 rings (SSSR count). The molecule has 0 saturated heterocycles. The standard InChI is InChI=1S/C11H11Cl4NO2/c1-16(2)10(17)18-8-5-3-7(4-6-8)9(12)11(13,14)15/h3-6,9H,1-2H3/t9-/m0/s1. The quantitative estimate of drug-likeness (QED) is 0.752. The Morgan fingerprint density at radius 3 is 2.11 bits per heavy atom. The fraction of sp³-hybridized carbons (Fsp3) is 0.364. The highest BCUT2D eigenvalue weighted by Gasteiger charge is 2.32. The van der Waals surface area contributed by atoms with E-state index in [1.165, 1.54) is 4.90 Å². The Hall–Kier alpha value is -0.350. The molecule has 100 valence electrons. The highest BCUT2D eigenvalue weighted by molar-refractivity contribution is 6.70. The topological polar surface area (TPSA) is 29.5 Å². The van der Waals surface area contributed by atoms with Crippen molar-refractivity contribution in [1.82, 2.24) is 4.90 Å². The summed E-state index contributed by atoms with van der Waals surface area (Å²) in [5, 5.41) is -0.777. The summed E-state index contributed by atoms with van der Waals surface area (Å²) < 4.78 is 3.45. The molecule has 1 atom stereocenters.